The second kappa shape index (κ2) is 7.99. The molecular weight excluding hydrogens is 228 g/mol. The summed E-state index contributed by atoms with van der Waals surface area (Å²) in [6.45, 7) is 16.7. The summed E-state index contributed by atoms with van der Waals surface area (Å²) in [5.74, 6) is 0.549. The fourth-order valence-electron chi connectivity index (χ4n) is 2.65. The van der Waals surface area contributed by atoms with Crippen LogP contribution in [0.5, 0.6) is 0 Å². The second-order valence-electron chi connectivity index (χ2n) is 4.92. The Hall–Kier alpha value is -1.30. The van der Waals surface area contributed by atoms with Crippen LogP contribution < -0.4 is 0 Å². The van der Waals surface area contributed by atoms with Gasteiger partial charge < -0.3 is 0 Å². The number of hydrogen-bond acceptors (Lipinski definition) is 0. The molecule has 2 rings (SSSR count). The molecule has 106 valence electrons. The second-order valence-corrected chi connectivity index (χ2v) is 4.92. The minimum Gasteiger partial charge on any atom is -0.0984 e. The van der Waals surface area contributed by atoms with Crippen molar-refractivity contribution in [1.29, 1.82) is 0 Å². The quantitative estimate of drug-likeness (QED) is 0.570. The lowest BCUT2D eigenvalue weighted by Crippen LogP contribution is -2.06. The van der Waals surface area contributed by atoms with Crippen molar-refractivity contribution >= 4 is 11.6 Å². The smallest absolute Gasteiger partial charge is 0.0123 e. The summed E-state index contributed by atoms with van der Waals surface area (Å²) >= 11 is 0. The van der Waals surface area contributed by atoms with E-state index in [0.29, 0.717) is 5.92 Å². The van der Waals surface area contributed by atoms with Gasteiger partial charge in [0.05, 0.1) is 0 Å². The van der Waals surface area contributed by atoms with Crippen molar-refractivity contribution in [3.8, 4) is 0 Å². The van der Waals surface area contributed by atoms with Crippen molar-refractivity contribution in [3.05, 3.63) is 47.5 Å². The van der Waals surface area contributed by atoms with Crippen LogP contribution in [0.2, 0.25) is 0 Å². The van der Waals surface area contributed by atoms with Crippen molar-refractivity contribution in [2.45, 2.75) is 60.3 Å². The molecule has 0 atom stereocenters. The van der Waals surface area contributed by atoms with Crippen molar-refractivity contribution < 1.29 is 0 Å². The maximum absolute atomic E-state index is 4.22. The Morgan fingerprint density at radius 2 is 1.79 bits per heavy atom. The molecule has 0 aliphatic heterocycles. The molecule has 0 unspecified atom stereocenters. The predicted molar refractivity (Wildman–Crippen MR) is 90.7 cm³/mol. The van der Waals surface area contributed by atoms with Gasteiger partial charge in [0, 0.05) is 0 Å². The topological polar surface area (TPSA) is 0 Å². The van der Waals surface area contributed by atoms with Crippen molar-refractivity contribution in [2.75, 3.05) is 0 Å². The largest absolute Gasteiger partial charge is 0.0984 e. The SMILES string of the molecule is C.C=Cc1c(C(C)C)ccc2c1C(=C)CCC2.CC. The normalized spacial score (nSPS) is 13.0. The van der Waals surface area contributed by atoms with Crippen LogP contribution in [-0.4, -0.2) is 0 Å². The average molecular weight is 258 g/mol. The summed E-state index contributed by atoms with van der Waals surface area (Å²) in [5.41, 5.74) is 6.84. The highest BCUT2D eigenvalue weighted by Gasteiger charge is 2.18. The van der Waals surface area contributed by atoms with E-state index in [1.807, 2.05) is 19.9 Å². The van der Waals surface area contributed by atoms with Crippen molar-refractivity contribution in [1.82, 2.24) is 0 Å². The summed E-state index contributed by atoms with van der Waals surface area (Å²) in [4.78, 5) is 0. The molecule has 0 aromatic heterocycles. The van der Waals surface area contributed by atoms with Gasteiger partial charge in [0.1, 0.15) is 0 Å². The molecule has 0 saturated heterocycles. The zero-order valence-electron chi connectivity index (χ0n) is 12.3. The van der Waals surface area contributed by atoms with Crippen LogP contribution in [0.25, 0.3) is 11.6 Å². The van der Waals surface area contributed by atoms with Crippen LogP contribution in [0.1, 0.15) is 76.1 Å². The Morgan fingerprint density at radius 3 is 2.32 bits per heavy atom. The van der Waals surface area contributed by atoms with E-state index in [-0.39, 0.29) is 7.43 Å². The zero-order chi connectivity index (χ0) is 13.7. The van der Waals surface area contributed by atoms with E-state index in [4.69, 9.17) is 0 Å². The highest BCUT2D eigenvalue weighted by atomic mass is 14.2. The molecule has 0 saturated carbocycles. The van der Waals surface area contributed by atoms with Gasteiger partial charge in [-0.25, -0.2) is 0 Å². The molecule has 0 spiro atoms. The predicted octanol–water partition coefficient (Wildman–Crippen LogP) is 6.46. The Bertz CT molecular complexity index is 436. The third-order valence-corrected chi connectivity index (χ3v) is 3.47. The van der Waals surface area contributed by atoms with E-state index < -0.39 is 0 Å². The van der Waals surface area contributed by atoms with Crippen molar-refractivity contribution in [3.63, 3.8) is 0 Å². The van der Waals surface area contributed by atoms with E-state index in [0.717, 1.165) is 6.42 Å². The number of rotatable bonds is 2. The van der Waals surface area contributed by atoms with Gasteiger partial charge in [-0.1, -0.05) is 66.5 Å². The van der Waals surface area contributed by atoms with Gasteiger partial charge in [-0.2, -0.15) is 0 Å². The van der Waals surface area contributed by atoms with E-state index in [2.05, 4.69) is 39.1 Å². The van der Waals surface area contributed by atoms with Crippen LogP contribution in [-0.2, 0) is 6.42 Å². The summed E-state index contributed by atoms with van der Waals surface area (Å²) in [7, 11) is 0. The average Bonchev–Trinajstić information content (AvgIpc) is 2.40. The lowest BCUT2D eigenvalue weighted by molar-refractivity contribution is 0.811. The number of benzene rings is 1. The van der Waals surface area contributed by atoms with Gasteiger partial charge in [0.25, 0.3) is 0 Å². The zero-order valence-corrected chi connectivity index (χ0v) is 12.3. The summed E-state index contributed by atoms with van der Waals surface area (Å²) in [6, 6.07) is 4.54. The highest BCUT2D eigenvalue weighted by Crippen LogP contribution is 2.36. The van der Waals surface area contributed by atoms with Gasteiger partial charge >= 0.3 is 0 Å². The summed E-state index contributed by atoms with van der Waals surface area (Å²) in [5, 5.41) is 0. The highest BCUT2D eigenvalue weighted by molar-refractivity contribution is 5.78. The first kappa shape index (κ1) is 17.7. The van der Waals surface area contributed by atoms with Crippen molar-refractivity contribution in [2.24, 2.45) is 0 Å². The molecule has 19 heavy (non-hydrogen) atoms. The monoisotopic (exact) mass is 258 g/mol. The molecule has 1 aliphatic carbocycles. The molecule has 0 amide bonds. The molecule has 0 N–H and O–H groups in total. The van der Waals surface area contributed by atoms with Crippen LogP contribution in [0, 0.1) is 0 Å². The van der Waals surface area contributed by atoms with Crippen LogP contribution >= 0.6 is 0 Å². The molecule has 1 aromatic carbocycles. The maximum Gasteiger partial charge on any atom is -0.0123 e. The first-order chi connectivity index (χ1) is 8.65. The van der Waals surface area contributed by atoms with Crippen LogP contribution in [0.4, 0.5) is 0 Å². The van der Waals surface area contributed by atoms with Gasteiger partial charge in [-0.3, -0.25) is 0 Å². The van der Waals surface area contributed by atoms with Crippen LogP contribution in [0.3, 0.4) is 0 Å². The third-order valence-electron chi connectivity index (χ3n) is 3.47. The Kier molecular flexibility index (Phi) is 7.44. The van der Waals surface area contributed by atoms with Gasteiger partial charge in [0.2, 0.25) is 0 Å². The fourth-order valence-corrected chi connectivity index (χ4v) is 2.65. The molecule has 0 radical (unpaired) electrons. The van der Waals surface area contributed by atoms with Gasteiger partial charge in [-0.15, -0.1) is 0 Å². The maximum atomic E-state index is 4.22. The molecule has 1 aliphatic rings. The minimum absolute atomic E-state index is 0. The third kappa shape index (κ3) is 3.59. The number of fused-ring (bicyclic) bond motifs is 1. The van der Waals surface area contributed by atoms with Crippen LogP contribution in [0.15, 0.2) is 25.3 Å². The molecule has 0 bridgehead atoms. The molecule has 0 nitrogen and oxygen atoms in total. The molecule has 0 heteroatoms. The minimum atomic E-state index is 0. The molecule has 0 heterocycles. The molecular formula is C19H30. The Balaban J connectivity index is 0.00000103. The Labute approximate surface area is 120 Å². The van der Waals surface area contributed by atoms with E-state index in [9.17, 15) is 0 Å². The molecule has 0 fully saturated rings. The summed E-state index contributed by atoms with van der Waals surface area (Å²) in [6.07, 6.45) is 5.57. The van der Waals surface area contributed by atoms with E-state index >= 15 is 0 Å². The standard InChI is InChI=1S/C16H20.C2H6.CH4/c1-5-14-15(11(2)3)10-9-13-8-6-7-12(4)16(13)14;1-2;/h5,9-11H,1,4,6-8H2,2-3H3;1-2H3;1H4. The first-order valence-electron chi connectivity index (χ1n) is 7.11. The lowest BCUT2D eigenvalue weighted by Gasteiger charge is -2.23. The Morgan fingerprint density at radius 1 is 1.16 bits per heavy atom. The number of aryl methyl sites for hydroxylation is 1. The summed E-state index contributed by atoms with van der Waals surface area (Å²) < 4.78 is 0. The number of allylic oxidation sites excluding steroid dienone is 1. The fraction of sp³-hybridized carbons (Fsp3) is 0.474. The molecule has 1 aromatic rings. The number of hydrogen-bond donors (Lipinski definition) is 0. The van der Waals surface area contributed by atoms with E-state index in [1.165, 1.54) is 40.7 Å². The lowest BCUT2D eigenvalue weighted by atomic mass is 9.81. The first-order valence-corrected chi connectivity index (χ1v) is 7.11. The van der Waals surface area contributed by atoms with Gasteiger partial charge in [-0.05, 0) is 53.0 Å². The van der Waals surface area contributed by atoms with Gasteiger partial charge in [0.15, 0.2) is 0 Å². The van der Waals surface area contributed by atoms with E-state index in [1.54, 1.807) is 0 Å².